The molecule has 1 aromatic heterocycles. The van der Waals surface area contributed by atoms with Crippen molar-refractivity contribution in [1.29, 1.82) is 0 Å². The largest absolute Gasteiger partial charge is 0.453 e. The molecule has 0 bridgehead atoms. The van der Waals surface area contributed by atoms with E-state index in [2.05, 4.69) is 16.5 Å². The smallest absolute Gasteiger partial charge is 0.294 e. The fourth-order valence-electron chi connectivity index (χ4n) is 3.92. The number of rotatable bonds is 5. The highest BCUT2D eigenvalue weighted by molar-refractivity contribution is 5.95. The summed E-state index contributed by atoms with van der Waals surface area (Å²) >= 11 is 0. The fraction of sp³-hybridized carbons (Fsp3) is 0.320. The number of carbonyl (C=O) groups is 1. The maximum absolute atomic E-state index is 12.9. The Morgan fingerprint density at radius 1 is 1.06 bits per heavy atom. The Kier molecular flexibility index (Phi) is 5.99. The third-order valence-electron chi connectivity index (χ3n) is 5.86. The summed E-state index contributed by atoms with van der Waals surface area (Å²) in [5.41, 5.74) is 4.37. The number of aryl methyl sites for hydroxylation is 3. The molecule has 1 amide bonds. The monoisotopic (exact) mass is 432 g/mol. The van der Waals surface area contributed by atoms with Crippen LogP contribution >= 0.6 is 0 Å². The second-order valence-corrected chi connectivity index (χ2v) is 8.32. The second-order valence-electron chi connectivity index (χ2n) is 8.32. The molecule has 1 aliphatic rings. The van der Waals surface area contributed by atoms with Gasteiger partial charge >= 0.3 is 0 Å². The Bertz CT molecular complexity index is 1230. The van der Waals surface area contributed by atoms with Crippen LogP contribution in [0.4, 0.5) is 11.4 Å². The summed E-state index contributed by atoms with van der Waals surface area (Å²) in [4.78, 5) is 27.6. The van der Waals surface area contributed by atoms with Crippen molar-refractivity contribution in [1.82, 2.24) is 14.7 Å². The molecular weight excluding hydrogens is 404 g/mol. The molecule has 32 heavy (non-hydrogen) atoms. The van der Waals surface area contributed by atoms with Crippen LogP contribution < -0.4 is 15.6 Å². The van der Waals surface area contributed by atoms with Gasteiger partial charge in [-0.25, -0.2) is 4.68 Å². The van der Waals surface area contributed by atoms with Crippen LogP contribution in [0.5, 0.6) is 11.5 Å². The number of amides is 1. The van der Waals surface area contributed by atoms with Gasteiger partial charge in [0.25, 0.3) is 11.5 Å². The van der Waals surface area contributed by atoms with Crippen LogP contribution in [-0.2, 0) is 7.05 Å². The number of nitrogens with one attached hydrogen (secondary N) is 1. The molecule has 0 atom stereocenters. The summed E-state index contributed by atoms with van der Waals surface area (Å²) in [6, 6.07) is 11.2. The zero-order valence-electron chi connectivity index (χ0n) is 18.9. The Labute approximate surface area is 187 Å². The van der Waals surface area contributed by atoms with Crippen molar-refractivity contribution in [3.63, 3.8) is 0 Å². The fourth-order valence-corrected chi connectivity index (χ4v) is 3.92. The normalized spacial score (nSPS) is 13.3. The molecule has 0 radical (unpaired) electrons. The van der Waals surface area contributed by atoms with E-state index in [1.807, 2.05) is 43.9 Å². The standard InChI is InChI=1S/C25H28N4O3/c1-16-12-17(2)18(3)21(13-16)32-22-15-26-28(4)25(31)23(22)27-20-9-7-8-19(14-20)24(30)29-10-5-6-11-29/h7-9,12-15,27H,5-6,10-11H2,1-4H3. The van der Waals surface area contributed by atoms with Crippen LogP contribution in [0.1, 0.15) is 39.9 Å². The molecule has 166 valence electrons. The predicted molar refractivity (Wildman–Crippen MR) is 125 cm³/mol. The summed E-state index contributed by atoms with van der Waals surface area (Å²) < 4.78 is 7.41. The lowest BCUT2D eigenvalue weighted by Gasteiger charge is -2.17. The van der Waals surface area contributed by atoms with Gasteiger partial charge in [-0.2, -0.15) is 5.10 Å². The molecule has 7 nitrogen and oxygen atoms in total. The van der Waals surface area contributed by atoms with Crippen molar-refractivity contribution >= 4 is 17.3 Å². The van der Waals surface area contributed by atoms with Gasteiger partial charge in [-0.15, -0.1) is 0 Å². The Morgan fingerprint density at radius 3 is 2.56 bits per heavy atom. The van der Waals surface area contributed by atoms with Crippen molar-refractivity contribution < 1.29 is 9.53 Å². The lowest BCUT2D eigenvalue weighted by atomic mass is 10.1. The third-order valence-corrected chi connectivity index (χ3v) is 5.86. The first-order valence-corrected chi connectivity index (χ1v) is 10.8. The number of hydrogen-bond donors (Lipinski definition) is 1. The highest BCUT2D eigenvalue weighted by Crippen LogP contribution is 2.32. The van der Waals surface area contributed by atoms with Crippen LogP contribution in [0, 0.1) is 20.8 Å². The van der Waals surface area contributed by atoms with Crippen molar-refractivity contribution in [2.75, 3.05) is 18.4 Å². The minimum absolute atomic E-state index is 0.0103. The van der Waals surface area contributed by atoms with Gasteiger partial charge in [0.2, 0.25) is 0 Å². The highest BCUT2D eigenvalue weighted by atomic mass is 16.5. The van der Waals surface area contributed by atoms with Crippen LogP contribution in [-0.4, -0.2) is 33.7 Å². The first kappa shape index (κ1) is 21.6. The summed E-state index contributed by atoms with van der Waals surface area (Å²) in [5.74, 6) is 1.02. The van der Waals surface area contributed by atoms with Gasteiger partial charge < -0.3 is 15.0 Å². The van der Waals surface area contributed by atoms with Crippen LogP contribution in [0.25, 0.3) is 0 Å². The molecule has 1 aliphatic heterocycles. The van der Waals surface area contributed by atoms with Crippen molar-refractivity contribution in [3.8, 4) is 11.5 Å². The number of carbonyl (C=O) groups excluding carboxylic acids is 1. The maximum Gasteiger partial charge on any atom is 0.294 e. The van der Waals surface area contributed by atoms with Gasteiger partial charge in [0.15, 0.2) is 11.4 Å². The minimum Gasteiger partial charge on any atom is -0.453 e. The predicted octanol–water partition coefficient (Wildman–Crippen LogP) is 4.48. The average molecular weight is 433 g/mol. The third kappa shape index (κ3) is 4.37. The van der Waals surface area contributed by atoms with E-state index in [1.165, 1.54) is 10.9 Å². The number of aromatic nitrogens is 2. The van der Waals surface area contributed by atoms with E-state index in [9.17, 15) is 9.59 Å². The molecule has 0 unspecified atom stereocenters. The van der Waals surface area contributed by atoms with Gasteiger partial charge in [0, 0.05) is 31.4 Å². The van der Waals surface area contributed by atoms with E-state index in [-0.39, 0.29) is 17.2 Å². The van der Waals surface area contributed by atoms with Crippen LogP contribution in [0.2, 0.25) is 0 Å². The number of nitrogens with zero attached hydrogens (tertiary/aromatic N) is 3. The maximum atomic E-state index is 12.9. The Balaban J connectivity index is 1.67. The summed E-state index contributed by atoms with van der Waals surface area (Å²) in [6.07, 6.45) is 3.60. The lowest BCUT2D eigenvalue weighted by molar-refractivity contribution is 0.0793. The zero-order chi connectivity index (χ0) is 22.8. The van der Waals surface area contributed by atoms with Gasteiger partial charge in [0.05, 0.1) is 6.20 Å². The van der Waals surface area contributed by atoms with E-state index in [4.69, 9.17) is 4.74 Å². The molecule has 4 rings (SSSR count). The highest BCUT2D eigenvalue weighted by Gasteiger charge is 2.20. The molecular formula is C25H28N4O3. The minimum atomic E-state index is -0.319. The molecule has 2 heterocycles. The Hall–Kier alpha value is -3.61. The molecule has 0 saturated carbocycles. The van der Waals surface area contributed by atoms with Gasteiger partial charge in [-0.05, 0) is 74.6 Å². The number of hydrogen-bond acceptors (Lipinski definition) is 5. The molecule has 1 fully saturated rings. The van der Waals surface area contributed by atoms with Crippen molar-refractivity contribution in [2.24, 2.45) is 7.05 Å². The molecule has 2 aromatic carbocycles. The van der Waals surface area contributed by atoms with Crippen molar-refractivity contribution in [3.05, 3.63) is 75.2 Å². The molecule has 0 aliphatic carbocycles. The SMILES string of the molecule is Cc1cc(C)c(C)c(Oc2cnn(C)c(=O)c2Nc2cccc(C(=O)N3CCCC3)c2)c1. The summed E-state index contributed by atoms with van der Waals surface area (Å²) in [5, 5.41) is 7.30. The number of ether oxygens (including phenoxy) is 1. The summed E-state index contributed by atoms with van der Waals surface area (Å²) in [6.45, 7) is 7.59. The molecule has 3 aromatic rings. The van der Waals surface area contributed by atoms with E-state index in [1.54, 1.807) is 19.2 Å². The lowest BCUT2D eigenvalue weighted by Crippen LogP contribution is -2.27. The topological polar surface area (TPSA) is 76.5 Å². The average Bonchev–Trinajstić information content (AvgIpc) is 3.31. The van der Waals surface area contributed by atoms with Crippen molar-refractivity contribution in [2.45, 2.75) is 33.6 Å². The van der Waals surface area contributed by atoms with E-state index < -0.39 is 0 Å². The first-order chi connectivity index (χ1) is 15.3. The number of likely N-dealkylation sites (tertiary alicyclic amines) is 1. The van der Waals surface area contributed by atoms with E-state index >= 15 is 0 Å². The van der Waals surface area contributed by atoms with Gasteiger partial charge in [-0.1, -0.05) is 12.1 Å². The van der Waals surface area contributed by atoms with E-state index in [0.717, 1.165) is 42.6 Å². The molecule has 1 saturated heterocycles. The summed E-state index contributed by atoms with van der Waals surface area (Å²) in [7, 11) is 1.59. The Morgan fingerprint density at radius 2 is 1.81 bits per heavy atom. The number of anilines is 2. The second kappa shape index (κ2) is 8.86. The number of benzene rings is 2. The quantitative estimate of drug-likeness (QED) is 0.643. The first-order valence-electron chi connectivity index (χ1n) is 10.8. The zero-order valence-corrected chi connectivity index (χ0v) is 18.9. The molecule has 0 spiro atoms. The molecule has 7 heteroatoms. The molecule has 1 N–H and O–H groups in total. The van der Waals surface area contributed by atoms with Gasteiger partial charge in [0.1, 0.15) is 5.75 Å². The van der Waals surface area contributed by atoms with Crippen LogP contribution in [0.15, 0.2) is 47.4 Å². The van der Waals surface area contributed by atoms with Crippen LogP contribution in [0.3, 0.4) is 0 Å². The van der Waals surface area contributed by atoms with E-state index in [0.29, 0.717) is 22.7 Å². The van der Waals surface area contributed by atoms with Gasteiger partial charge in [-0.3, -0.25) is 9.59 Å².